The highest BCUT2D eigenvalue weighted by Gasteiger charge is 2.17. The molecule has 1 aromatic heterocycles. The molecule has 7 nitrogen and oxygen atoms in total. The second-order valence-electron chi connectivity index (χ2n) is 4.92. The number of likely N-dealkylation sites (N-methyl/N-ethyl adjacent to an activating group) is 1. The summed E-state index contributed by atoms with van der Waals surface area (Å²) in [4.78, 5) is 18.1. The molecule has 0 aliphatic carbocycles. The zero-order chi connectivity index (χ0) is 15.8. The maximum Gasteiger partial charge on any atom is 0.253 e. The number of aryl methyl sites for hydroxylation is 1. The molecule has 0 saturated heterocycles. The van der Waals surface area contributed by atoms with Crippen molar-refractivity contribution >= 4 is 11.7 Å². The first-order chi connectivity index (χ1) is 10.0. The normalized spacial score (nSPS) is 12.0. The highest BCUT2D eigenvalue weighted by molar-refractivity contribution is 5.94. The molecule has 0 aliphatic heterocycles. The van der Waals surface area contributed by atoms with Crippen LogP contribution in [0.1, 0.15) is 29.4 Å². The standard InChI is InChI=1S/C14H24N4O3/c1-4-5-11-6-10(7-13(16-11)17-15)14(20)18(2)8-12(19)9-21-3/h6-7,12,19H,4-5,8-9,15H2,1-3H3,(H,16,17). The topological polar surface area (TPSA) is 101 Å². The molecule has 0 bridgehead atoms. The van der Waals surface area contributed by atoms with Gasteiger partial charge in [-0.15, -0.1) is 0 Å². The number of ether oxygens (including phenoxy) is 1. The Morgan fingerprint density at radius 3 is 2.86 bits per heavy atom. The highest BCUT2D eigenvalue weighted by atomic mass is 16.5. The Hall–Kier alpha value is -1.70. The lowest BCUT2D eigenvalue weighted by Gasteiger charge is -2.21. The van der Waals surface area contributed by atoms with Crippen molar-refractivity contribution in [3.05, 3.63) is 23.4 Å². The molecule has 21 heavy (non-hydrogen) atoms. The molecular weight excluding hydrogens is 272 g/mol. The van der Waals surface area contributed by atoms with Crippen molar-refractivity contribution in [3.8, 4) is 0 Å². The minimum Gasteiger partial charge on any atom is -0.389 e. The van der Waals surface area contributed by atoms with Crippen LogP contribution < -0.4 is 11.3 Å². The summed E-state index contributed by atoms with van der Waals surface area (Å²) in [6.07, 6.45) is 0.982. The lowest BCUT2D eigenvalue weighted by Crippen LogP contribution is -2.36. The predicted octanol–water partition coefficient (Wildman–Crippen LogP) is 0.399. The maximum atomic E-state index is 12.4. The van der Waals surface area contributed by atoms with Crippen molar-refractivity contribution in [2.45, 2.75) is 25.9 Å². The highest BCUT2D eigenvalue weighted by Crippen LogP contribution is 2.13. The van der Waals surface area contributed by atoms with Gasteiger partial charge in [-0.2, -0.15) is 0 Å². The van der Waals surface area contributed by atoms with Crippen molar-refractivity contribution in [2.24, 2.45) is 5.84 Å². The van der Waals surface area contributed by atoms with E-state index >= 15 is 0 Å². The summed E-state index contributed by atoms with van der Waals surface area (Å²) < 4.78 is 4.85. The van der Waals surface area contributed by atoms with Gasteiger partial charge in [0.1, 0.15) is 5.82 Å². The molecule has 7 heteroatoms. The number of nitrogen functional groups attached to an aromatic ring is 1. The number of anilines is 1. The lowest BCUT2D eigenvalue weighted by molar-refractivity contribution is 0.0380. The number of hydrazine groups is 1. The number of carbonyl (C=O) groups excluding carboxylic acids is 1. The van der Waals surface area contributed by atoms with Crippen LogP contribution in [0.3, 0.4) is 0 Å². The number of hydrogen-bond donors (Lipinski definition) is 3. The summed E-state index contributed by atoms with van der Waals surface area (Å²) in [7, 11) is 3.14. The number of nitrogens with zero attached hydrogens (tertiary/aromatic N) is 2. The zero-order valence-corrected chi connectivity index (χ0v) is 12.8. The lowest BCUT2D eigenvalue weighted by atomic mass is 10.1. The van der Waals surface area contributed by atoms with Gasteiger partial charge in [0.05, 0.1) is 12.7 Å². The molecule has 1 aromatic rings. The van der Waals surface area contributed by atoms with Gasteiger partial charge in [0.25, 0.3) is 5.91 Å². The van der Waals surface area contributed by atoms with Gasteiger partial charge < -0.3 is 20.2 Å². The second kappa shape index (κ2) is 8.56. The number of pyridine rings is 1. The molecule has 0 saturated carbocycles. The van der Waals surface area contributed by atoms with Crippen molar-refractivity contribution in [3.63, 3.8) is 0 Å². The molecule has 1 amide bonds. The number of nitrogens with one attached hydrogen (secondary N) is 1. The van der Waals surface area contributed by atoms with E-state index in [1.54, 1.807) is 19.2 Å². The fraction of sp³-hybridized carbons (Fsp3) is 0.571. The number of rotatable bonds is 8. The van der Waals surface area contributed by atoms with Gasteiger partial charge in [0, 0.05) is 32.0 Å². The fourth-order valence-corrected chi connectivity index (χ4v) is 2.03. The minimum atomic E-state index is -0.715. The van der Waals surface area contributed by atoms with Crippen LogP contribution in [0.25, 0.3) is 0 Å². The predicted molar refractivity (Wildman–Crippen MR) is 80.9 cm³/mol. The summed E-state index contributed by atoms with van der Waals surface area (Å²) in [5, 5.41) is 9.69. The van der Waals surface area contributed by atoms with E-state index in [4.69, 9.17) is 10.6 Å². The van der Waals surface area contributed by atoms with Gasteiger partial charge in [0.15, 0.2) is 0 Å². The number of aromatic nitrogens is 1. The Kier molecular flexibility index (Phi) is 7.07. The van der Waals surface area contributed by atoms with Crippen LogP contribution in [0.15, 0.2) is 12.1 Å². The molecular formula is C14H24N4O3. The average Bonchev–Trinajstić information content (AvgIpc) is 2.46. The van der Waals surface area contributed by atoms with Crippen LogP contribution in [0.4, 0.5) is 5.82 Å². The summed E-state index contributed by atoms with van der Waals surface area (Å²) in [6.45, 7) is 2.42. The number of aliphatic hydroxyl groups is 1. The quantitative estimate of drug-likeness (QED) is 0.474. The van der Waals surface area contributed by atoms with E-state index in [0.29, 0.717) is 11.4 Å². The number of nitrogens with two attached hydrogens (primary N) is 1. The molecule has 1 unspecified atom stereocenters. The van der Waals surface area contributed by atoms with Crippen LogP contribution in [-0.2, 0) is 11.2 Å². The molecule has 0 aromatic carbocycles. The SMILES string of the molecule is CCCc1cc(C(=O)N(C)CC(O)COC)cc(NN)n1. The monoisotopic (exact) mass is 296 g/mol. The third-order valence-electron chi connectivity index (χ3n) is 2.97. The summed E-state index contributed by atoms with van der Waals surface area (Å²) in [5.41, 5.74) is 3.77. The van der Waals surface area contributed by atoms with E-state index in [9.17, 15) is 9.90 Å². The Labute approximate surface area is 125 Å². The fourth-order valence-electron chi connectivity index (χ4n) is 2.03. The van der Waals surface area contributed by atoms with Crippen molar-refractivity contribution in [1.82, 2.24) is 9.88 Å². The average molecular weight is 296 g/mol. The summed E-state index contributed by atoms with van der Waals surface area (Å²) in [5.74, 6) is 5.65. The third-order valence-corrected chi connectivity index (χ3v) is 2.97. The number of amides is 1. The number of carbonyl (C=O) groups is 1. The van der Waals surface area contributed by atoms with Crippen molar-refractivity contribution < 1.29 is 14.6 Å². The Morgan fingerprint density at radius 1 is 1.57 bits per heavy atom. The Bertz CT molecular complexity index is 468. The van der Waals surface area contributed by atoms with Crippen molar-refractivity contribution in [1.29, 1.82) is 0 Å². The van der Waals surface area contributed by atoms with E-state index in [0.717, 1.165) is 18.5 Å². The van der Waals surface area contributed by atoms with Crippen LogP contribution in [-0.4, -0.2) is 54.3 Å². The van der Waals surface area contributed by atoms with E-state index in [-0.39, 0.29) is 19.1 Å². The minimum absolute atomic E-state index is 0.185. The maximum absolute atomic E-state index is 12.4. The van der Waals surface area contributed by atoms with Gasteiger partial charge in [-0.3, -0.25) is 4.79 Å². The molecule has 1 heterocycles. The molecule has 1 atom stereocenters. The van der Waals surface area contributed by atoms with E-state index < -0.39 is 6.10 Å². The van der Waals surface area contributed by atoms with Gasteiger partial charge in [-0.1, -0.05) is 13.3 Å². The third kappa shape index (κ3) is 5.30. The van der Waals surface area contributed by atoms with Gasteiger partial charge in [0.2, 0.25) is 0 Å². The smallest absolute Gasteiger partial charge is 0.253 e. The van der Waals surface area contributed by atoms with E-state index in [1.807, 2.05) is 6.92 Å². The van der Waals surface area contributed by atoms with Gasteiger partial charge >= 0.3 is 0 Å². The summed E-state index contributed by atoms with van der Waals surface area (Å²) >= 11 is 0. The van der Waals surface area contributed by atoms with Crippen molar-refractivity contribution in [2.75, 3.05) is 32.7 Å². The number of aliphatic hydroxyl groups excluding tert-OH is 1. The molecule has 0 fully saturated rings. The summed E-state index contributed by atoms with van der Waals surface area (Å²) in [6, 6.07) is 3.35. The Morgan fingerprint density at radius 2 is 2.29 bits per heavy atom. The number of hydrogen-bond acceptors (Lipinski definition) is 6. The van der Waals surface area contributed by atoms with Crippen LogP contribution >= 0.6 is 0 Å². The first-order valence-corrected chi connectivity index (χ1v) is 6.91. The number of methoxy groups -OCH3 is 1. The first kappa shape index (κ1) is 17.4. The second-order valence-corrected chi connectivity index (χ2v) is 4.92. The van der Waals surface area contributed by atoms with E-state index in [1.165, 1.54) is 12.0 Å². The molecule has 1 rings (SSSR count). The zero-order valence-electron chi connectivity index (χ0n) is 12.8. The first-order valence-electron chi connectivity index (χ1n) is 6.91. The molecule has 0 radical (unpaired) electrons. The largest absolute Gasteiger partial charge is 0.389 e. The van der Waals surface area contributed by atoms with E-state index in [2.05, 4.69) is 10.4 Å². The van der Waals surface area contributed by atoms with Crippen LogP contribution in [0.5, 0.6) is 0 Å². The van der Waals surface area contributed by atoms with Crippen LogP contribution in [0.2, 0.25) is 0 Å². The van der Waals surface area contributed by atoms with Gasteiger partial charge in [-0.05, 0) is 18.6 Å². The van der Waals surface area contributed by atoms with Gasteiger partial charge in [-0.25, -0.2) is 10.8 Å². The molecule has 0 spiro atoms. The molecule has 0 aliphatic rings. The van der Waals surface area contributed by atoms with Crippen LogP contribution in [0, 0.1) is 0 Å². The Balaban J connectivity index is 2.87. The molecule has 118 valence electrons. The molecule has 4 N–H and O–H groups in total.